The molecule has 0 aromatic rings. The van der Waals surface area contributed by atoms with Crippen LogP contribution >= 0.6 is 0 Å². The van der Waals surface area contributed by atoms with Gasteiger partial charge in [-0.2, -0.15) is 0 Å². The molecule has 0 aliphatic carbocycles. The number of likely N-dealkylation sites (tertiary alicyclic amines) is 1. The number of rotatable bonds is 4. The van der Waals surface area contributed by atoms with E-state index in [0.29, 0.717) is 0 Å². The van der Waals surface area contributed by atoms with Crippen molar-refractivity contribution in [3.63, 3.8) is 0 Å². The summed E-state index contributed by atoms with van der Waals surface area (Å²) in [5, 5.41) is 8.72. The van der Waals surface area contributed by atoms with E-state index >= 15 is 0 Å². The Balaban J connectivity index is 2.27. The van der Waals surface area contributed by atoms with E-state index in [-0.39, 0.29) is 12.8 Å². The Labute approximate surface area is 68.0 Å². The number of nitrogens with zero attached hydrogens (tertiary/aromatic N) is 1. The molecule has 0 saturated carbocycles. The Bertz CT molecular complexity index is 102. The molecule has 1 aliphatic heterocycles. The summed E-state index contributed by atoms with van der Waals surface area (Å²) >= 11 is 0. The molecule has 1 aliphatic rings. The number of aliphatic hydroxyl groups is 1. The number of hydrogen-bond acceptors (Lipinski definition) is 3. The number of methoxy groups -OCH3 is 1. The van der Waals surface area contributed by atoms with Crippen molar-refractivity contribution in [3.05, 3.63) is 0 Å². The monoisotopic (exact) mass is 159 g/mol. The zero-order valence-corrected chi connectivity index (χ0v) is 7.12. The van der Waals surface area contributed by atoms with Crippen molar-refractivity contribution in [2.45, 2.75) is 25.5 Å². The highest BCUT2D eigenvalue weighted by molar-refractivity contribution is 4.69. The predicted molar refractivity (Wildman–Crippen MR) is 43.3 cm³/mol. The standard InChI is InChI=1S/C8H17NO2/c1-11-8(4-7-10)9-5-2-3-6-9/h8,10H,2-7H2,1H3. The van der Waals surface area contributed by atoms with Crippen LogP contribution in [0.3, 0.4) is 0 Å². The van der Waals surface area contributed by atoms with Crippen LogP contribution in [0.2, 0.25) is 0 Å². The van der Waals surface area contributed by atoms with Gasteiger partial charge in [0.15, 0.2) is 0 Å². The van der Waals surface area contributed by atoms with Gasteiger partial charge >= 0.3 is 0 Å². The molecule has 1 saturated heterocycles. The van der Waals surface area contributed by atoms with Gasteiger partial charge in [-0.3, -0.25) is 4.90 Å². The van der Waals surface area contributed by atoms with Crippen LogP contribution in [0.1, 0.15) is 19.3 Å². The summed E-state index contributed by atoms with van der Waals surface area (Å²) in [5.74, 6) is 0. The van der Waals surface area contributed by atoms with Crippen LogP contribution in [-0.4, -0.2) is 43.0 Å². The predicted octanol–water partition coefficient (Wildman–Crippen LogP) is 0.437. The molecule has 66 valence electrons. The molecular weight excluding hydrogens is 142 g/mol. The lowest BCUT2D eigenvalue weighted by Crippen LogP contribution is -2.34. The Morgan fingerprint density at radius 1 is 1.45 bits per heavy atom. The van der Waals surface area contributed by atoms with Crippen molar-refractivity contribution in [1.29, 1.82) is 0 Å². The Kier molecular flexibility index (Phi) is 3.83. The van der Waals surface area contributed by atoms with E-state index in [0.717, 1.165) is 19.5 Å². The van der Waals surface area contributed by atoms with E-state index in [1.807, 2.05) is 0 Å². The highest BCUT2D eigenvalue weighted by atomic mass is 16.5. The Hall–Kier alpha value is -0.120. The molecule has 1 fully saturated rings. The maximum Gasteiger partial charge on any atom is 0.112 e. The molecule has 3 nitrogen and oxygen atoms in total. The van der Waals surface area contributed by atoms with Crippen molar-refractivity contribution < 1.29 is 9.84 Å². The molecular formula is C8H17NO2. The van der Waals surface area contributed by atoms with Crippen LogP contribution in [0.4, 0.5) is 0 Å². The second-order valence-electron chi connectivity index (χ2n) is 2.95. The summed E-state index contributed by atoms with van der Waals surface area (Å²) < 4.78 is 5.24. The molecule has 0 aromatic heterocycles. The average molecular weight is 159 g/mol. The van der Waals surface area contributed by atoms with Crippen molar-refractivity contribution >= 4 is 0 Å². The summed E-state index contributed by atoms with van der Waals surface area (Å²) in [4.78, 5) is 2.29. The summed E-state index contributed by atoms with van der Waals surface area (Å²) in [6.07, 6.45) is 3.41. The SMILES string of the molecule is COC(CCO)N1CCCC1. The van der Waals surface area contributed by atoms with Crippen LogP contribution in [0, 0.1) is 0 Å². The van der Waals surface area contributed by atoms with Crippen molar-refractivity contribution in [2.24, 2.45) is 0 Å². The molecule has 0 radical (unpaired) electrons. The lowest BCUT2D eigenvalue weighted by Gasteiger charge is -2.24. The quantitative estimate of drug-likeness (QED) is 0.646. The lowest BCUT2D eigenvalue weighted by molar-refractivity contribution is -0.0334. The van der Waals surface area contributed by atoms with E-state index in [1.165, 1.54) is 12.8 Å². The van der Waals surface area contributed by atoms with Crippen molar-refractivity contribution in [2.75, 3.05) is 26.8 Å². The maximum atomic E-state index is 8.72. The van der Waals surface area contributed by atoms with Crippen LogP contribution < -0.4 is 0 Å². The Morgan fingerprint density at radius 2 is 2.09 bits per heavy atom. The fraction of sp³-hybridized carbons (Fsp3) is 1.00. The molecule has 1 unspecified atom stereocenters. The first-order chi connectivity index (χ1) is 5.38. The molecule has 0 aromatic carbocycles. The molecule has 1 atom stereocenters. The van der Waals surface area contributed by atoms with Gasteiger partial charge in [-0.15, -0.1) is 0 Å². The third-order valence-corrected chi connectivity index (χ3v) is 2.20. The zero-order valence-electron chi connectivity index (χ0n) is 7.12. The summed E-state index contributed by atoms with van der Waals surface area (Å²) in [6.45, 7) is 2.46. The van der Waals surface area contributed by atoms with Gasteiger partial charge in [-0.05, 0) is 12.8 Å². The average Bonchev–Trinajstić information content (AvgIpc) is 2.52. The minimum atomic E-state index is 0.141. The van der Waals surface area contributed by atoms with Crippen molar-refractivity contribution in [1.82, 2.24) is 4.90 Å². The van der Waals surface area contributed by atoms with Gasteiger partial charge < -0.3 is 9.84 Å². The third kappa shape index (κ3) is 2.43. The highest BCUT2D eigenvalue weighted by Crippen LogP contribution is 2.13. The highest BCUT2D eigenvalue weighted by Gasteiger charge is 2.20. The molecule has 0 amide bonds. The second kappa shape index (κ2) is 4.70. The summed E-state index contributed by atoms with van der Waals surface area (Å²) in [6, 6.07) is 0. The number of aliphatic hydroxyl groups excluding tert-OH is 1. The van der Waals surface area contributed by atoms with Crippen LogP contribution in [0.15, 0.2) is 0 Å². The van der Waals surface area contributed by atoms with Crippen molar-refractivity contribution in [3.8, 4) is 0 Å². The first-order valence-electron chi connectivity index (χ1n) is 4.26. The van der Waals surface area contributed by atoms with Gasteiger partial charge in [-0.1, -0.05) is 0 Å². The molecule has 1 heterocycles. The second-order valence-corrected chi connectivity index (χ2v) is 2.95. The van der Waals surface area contributed by atoms with Gasteiger partial charge in [-0.25, -0.2) is 0 Å². The first-order valence-corrected chi connectivity index (χ1v) is 4.26. The van der Waals surface area contributed by atoms with Gasteiger partial charge in [0.05, 0.1) is 0 Å². The molecule has 3 heteroatoms. The fourth-order valence-corrected chi connectivity index (χ4v) is 1.59. The van der Waals surface area contributed by atoms with E-state index in [9.17, 15) is 0 Å². The van der Waals surface area contributed by atoms with Crippen LogP contribution in [0.5, 0.6) is 0 Å². The summed E-state index contributed by atoms with van der Waals surface area (Å²) in [5.41, 5.74) is 0. The van der Waals surface area contributed by atoms with E-state index in [4.69, 9.17) is 9.84 Å². The summed E-state index contributed by atoms with van der Waals surface area (Å²) in [7, 11) is 1.71. The smallest absolute Gasteiger partial charge is 0.112 e. The van der Waals surface area contributed by atoms with Gasteiger partial charge in [0.25, 0.3) is 0 Å². The van der Waals surface area contributed by atoms with Crippen LogP contribution in [-0.2, 0) is 4.74 Å². The van der Waals surface area contributed by atoms with Gasteiger partial charge in [0, 0.05) is 33.2 Å². The molecule has 1 N–H and O–H groups in total. The minimum absolute atomic E-state index is 0.141. The number of hydrogen-bond donors (Lipinski definition) is 1. The van der Waals surface area contributed by atoms with Gasteiger partial charge in [0.2, 0.25) is 0 Å². The van der Waals surface area contributed by atoms with E-state index in [1.54, 1.807) is 7.11 Å². The van der Waals surface area contributed by atoms with Crippen LogP contribution in [0.25, 0.3) is 0 Å². The van der Waals surface area contributed by atoms with Gasteiger partial charge in [0.1, 0.15) is 6.23 Å². The first kappa shape index (κ1) is 8.97. The normalized spacial score (nSPS) is 22.4. The minimum Gasteiger partial charge on any atom is -0.396 e. The Morgan fingerprint density at radius 3 is 2.55 bits per heavy atom. The maximum absolute atomic E-state index is 8.72. The largest absolute Gasteiger partial charge is 0.396 e. The molecule has 1 rings (SSSR count). The molecule has 11 heavy (non-hydrogen) atoms. The third-order valence-electron chi connectivity index (χ3n) is 2.20. The fourth-order valence-electron chi connectivity index (χ4n) is 1.59. The number of ether oxygens (including phenoxy) is 1. The van der Waals surface area contributed by atoms with E-state index < -0.39 is 0 Å². The van der Waals surface area contributed by atoms with E-state index in [2.05, 4.69) is 4.90 Å². The topological polar surface area (TPSA) is 32.7 Å². The zero-order chi connectivity index (χ0) is 8.10. The lowest BCUT2D eigenvalue weighted by atomic mass is 10.3. The molecule has 0 bridgehead atoms. The molecule has 0 spiro atoms.